The van der Waals surface area contributed by atoms with Crippen LogP contribution >= 0.6 is 0 Å². The van der Waals surface area contributed by atoms with Crippen LogP contribution < -0.4 is 4.90 Å². The molecule has 0 aliphatic rings. The first-order chi connectivity index (χ1) is 28.7. The Morgan fingerprint density at radius 2 is 0.983 bits per heavy atom. The number of fused-ring (bicyclic) bond motifs is 5. The van der Waals surface area contributed by atoms with Crippen LogP contribution in [-0.4, -0.2) is 4.57 Å². The Bertz CT molecular complexity index is 3000. The highest BCUT2D eigenvalue weighted by Crippen LogP contribution is 2.48. The maximum Gasteiger partial charge on any atom is 0.160 e. The molecule has 0 fully saturated rings. The molecule has 0 bridgehead atoms. The molecule has 276 valence electrons. The van der Waals surface area contributed by atoms with Crippen LogP contribution in [0.25, 0.3) is 78.0 Å². The fourth-order valence-electron chi connectivity index (χ4n) is 8.36. The molecule has 3 nitrogen and oxygen atoms in total. The van der Waals surface area contributed by atoms with Gasteiger partial charge in [0.2, 0.25) is 0 Å². The van der Waals surface area contributed by atoms with Crippen LogP contribution in [0.5, 0.6) is 0 Å². The third-order valence-electron chi connectivity index (χ3n) is 11.2. The second-order valence-electron chi connectivity index (χ2n) is 14.6. The summed E-state index contributed by atoms with van der Waals surface area (Å²) in [6, 6.07) is 69.1. The summed E-state index contributed by atoms with van der Waals surface area (Å²) in [6.07, 6.45) is 6.03. The Balaban J connectivity index is 1.27. The van der Waals surface area contributed by atoms with Crippen molar-refractivity contribution in [3.8, 4) is 39.1 Å². The molecule has 0 saturated carbocycles. The molecule has 10 aromatic rings. The largest absolute Gasteiger partial charge is 0.454 e. The van der Waals surface area contributed by atoms with Crippen molar-refractivity contribution in [3.05, 3.63) is 224 Å². The quantitative estimate of drug-likeness (QED) is 0.137. The van der Waals surface area contributed by atoms with Crippen LogP contribution in [0.1, 0.15) is 11.3 Å². The summed E-state index contributed by atoms with van der Waals surface area (Å²) in [7, 11) is 0. The first kappa shape index (κ1) is 34.8. The first-order valence-corrected chi connectivity index (χ1v) is 19.7. The monoisotopic (exact) mass is 744 g/mol. The average Bonchev–Trinajstić information content (AvgIpc) is 3.81. The molecule has 0 unspecified atom stereocenters. The SMILES string of the molecule is C=C/C=C\c1c(C)c2c(N(c3ccc(-c4ccccc4)cc3)c3ccc(-c4ccccc4)cc3)cc3c4ccccc4oc3c2n1-c1ccc(-c2ccccc2)cc1. The van der Waals surface area contributed by atoms with E-state index in [2.05, 4.69) is 217 Å². The van der Waals surface area contributed by atoms with Crippen molar-refractivity contribution < 1.29 is 4.42 Å². The lowest BCUT2D eigenvalue weighted by molar-refractivity contribution is 0.671. The number of anilines is 3. The topological polar surface area (TPSA) is 21.3 Å². The number of aryl methyl sites for hydroxylation is 1. The van der Waals surface area contributed by atoms with E-state index in [4.69, 9.17) is 4.42 Å². The van der Waals surface area contributed by atoms with Gasteiger partial charge >= 0.3 is 0 Å². The van der Waals surface area contributed by atoms with Gasteiger partial charge in [-0.3, -0.25) is 0 Å². The summed E-state index contributed by atoms with van der Waals surface area (Å²) >= 11 is 0. The third kappa shape index (κ3) is 6.10. The fourth-order valence-corrected chi connectivity index (χ4v) is 8.36. The summed E-state index contributed by atoms with van der Waals surface area (Å²) in [5.74, 6) is 0. The van der Waals surface area contributed by atoms with Crippen molar-refractivity contribution >= 4 is 56.0 Å². The van der Waals surface area contributed by atoms with Crippen LogP contribution in [0, 0.1) is 6.92 Å². The summed E-state index contributed by atoms with van der Waals surface area (Å²) in [4.78, 5) is 2.41. The summed E-state index contributed by atoms with van der Waals surface area (Å²) in [6.45, 7) is 6.28. The zero-order chi connectivity index (χ0) is 39.0. The van der Waals surface area contributed by atoms with E-state index in [9.17, 15) is 0 Å². The highest BCUT2D eigenvalue weighted by Gasteiger charge is 2.27. The maximum atomic E-state index is 6.89. The standard InChI is InChI=1S/C55H40N2O/c1-3-4-23-50-38(2)53-51(56(45-31-25-42(26-32-45)39-16-8-5-9-17-39)46-33-27-43(28-34-46)40-18-10-6-11-19-40)37-49-48-22-14-15-24-52(48)58-55(49)54(53)57(50)47-35-29-44(30-36-47)41-20-12-7-13-21-41/h3-37H,1H2,2H3/b23-4-. The molecule has 0 radical (unpaired) electrons. The number of hydrogen-bond donors (Lipinski definition) is 0. The van der Waals surface area contributed by atoms with Crippen LogP contribution in [0.15, 0.2) is 217 Å². The Hall–Kier alpha value is -7.62. The van der Waals surface area contributed by atoms with Gasteiger partial charge in [0, 0.05) is 38.9 Å². The van der Waals surface area contributed by atoms with E-state index in [-0.39, 0.29) is 0 Å². The number of allylic oxidation sites excluding steroid dienone is 2. The van der Waals surface area contributed by atoms with Gasteiger partial charge in [-0.25, -0.2) is 0 Å². The molecular formula is C55H40N2O. The van der Waals surface area contributed by atoms with Crippen LogP contribution in [0.3, 0.4) is 0 Å². The second-order valence-corrected chi connectivity index (χ2v) is 14.6. The molecule has 8 aromatic carbocycles. The zero-order valence-corrected chi connectivity index (χ0v) is 32.2. The van der Waals surface area contributed by atoms with Gasteiger partial charge in [-0.05, 0) is 100 Å². The maximum absolute atomic E-state index is 6.89. The highest BCUT2D eigenvalue weighted by molar-refractivity contribution is 6.20. The van der Waals surface area contributed by atoms with E-state index in [0.717, 1.165) is 66.8 Å². The number of para-hydroxylation sites is 1. The van der Waals surface area contributed by atoms with Crippen molar-refractivity contribution in [1.29, 1.82) is 0 Å². The lowest BCUT2D eigenvalue weighted by atomic mass is 10.0. The van der Waals surface area contributed by atoms with Gasteiger partial charge in [0.1, 0.15) is 5.58 Å². The van der Waals surface area contributed by atoms with Gasteiger partial charge in [-0.2, -0.15) is 0 Å². The molecule has 0 atom stereocenters. The van der Waals surface area contributed by atoms with E-state index < -0.39 is 0 Å². The number of nitrogens with zero attached hydrogens (tertiary/aromatic N) is 2. The average molecular weight is 745 g/mol. The van der Waals surface area contributed by atoms with E-state index in [0.29, 0.717) is 0 Å². The second kappa shape index (κ2) is 14.8. The van der Waals surface area contributed by atoms with Gasteiger partial charge < -0.3 is 13.9 Å². The molecule has 0 saturated heterocycles. The van der Waals surface area contributed by atoms with Crippen molar-refractivity contribution in [3.63, 3.8) is 0 Å². The van der Waals surface area contributed by atoms with Crippen molar-refractivity contribution in [2.75, 3.05) is 4.90 Å². The minimum atomic E-state index is 0.854. The smallest absolute Gasteiger partial charge is 0.160 e. The van der Waals surface area contributed by atoms with Crippen LogP contribution in [0.2, 0.25) is 0 Å². The molecule has 58 heavy (non-hydrogen) atoms. The molecule has 3 heteroatoms. The molecule has 2 heterocycles. The molecule has 10 rings (SSSR count). The minimum absolute atomic E-state index is 0.854. The van der Waals surface area contributed by atoms with E-state index >= 15 is 0 Å². The number of aromatic nitrogens is 1. The molecule has 0 N–H and O–H groups in total. The molecule has 0 spiro atoms. The highest BCUT2D eigenvalue weighted by atomic mass is 16.3. The predicted molar refractivity (Wildman–Crippen MR) is 246 cm³/mol. The fraction of sp³-hybridized carbons (Fsp3) is 0.0182. The number of hydrogen-bond acceptors (Lipinski definition) is 2. The Kier molecular flexibility index (Phi) is 8.89. The Labute approximate surface area is 338 Å². The lowest BCUT2D eigenvalue weighted by Crippen LogP contribution is -2.10. The molecule has 2 aromatic heterocycles. The van der Waals surface area contributed by atoms with Gasteiger partial charge in [-0.1, -0.05) is 164 Å². The van der Waals surface area contributed by atoms with Crippen molar-refractivity contribution in [2.24, 2.45) is 0 Å². The van der Waals surface area contributed by atoms with Gasteiger partial charge in [-0.15, -0.1) is 0 Å². The number of benzene rings is 8. The first-order valence-electron chi connectivity index (χ1n) is 19.7. The summed E-state index contributed by atoms with van der Waals surface area (Å²) in [5, 5.41) is 3.25. The number of furan rings is 1. The molecule has 0 aliphatic heterocycles. The van der Waals surface area contributed by atoms with Crippen molar-refractivity contribution in [1.82, 2.24) is 4.57 Å². The third-order valence-corrected chi connectivity index (χ3v) is 11.2. The molecule has 0 aliphatic carbocycles. The number of rotatable bonds is 9. The molecule has 0 amide bonds. The van der Waals surface area contributed by atoms with E-state index in [1.54, 1.807) is 0 Å². The minimum Gasteiger partial charge on any atom is -0.454 e. The van der Waals surface area contributed by atoms with E-state index in [1.165, 1.54) is 33.4 Å². The van der Waals surface area contributed by atoms with Gasteiger partial charge in [0.05, 0.1) is 11.2 Å². The van der Waals surface area contributed by atoms with Crippen LogP contribution in [-0.2, 0) is 0 Å². The Morgan fingerprint density at radius 3 is 1.50 bits per heavy atom. The van der Waals surface area contributed by atoms with E-state index in [1.807, 2.05) is 18.2 Å². The lowest BCUT2D eigenvalue weighted by Gasteiger charge is -2.27. The summed E-state index contributed by atoms with van der Waals surface area (Å²) in [5.41, 5.74) is 16.2. The van der Waals surface area contributed by atoms with Gasteiger partial charge in [0.15, 0.2) is 5.58 Å². The zero-order valence-electron chi connectivity index (χ0n) is 32.2. The Morgan fingerprint density at radius 1 is 0.517 bits per heavy atom. The van der Waals surface area contributed by atoms with Crippen molar-refractivity contribution in [2.45, 2.75) is 6.92 Å². The van der Waals surface area contributed by atoms with Crippen LogP contribution in [0.4, 0.5) is 17.1 Å². The molecular weight excluding hydrogens is 705 g/mol. The van der Waals surface area contributed by atoms with Gasteiger partial charge in [0.25, 0.3) is 0 Å². The normalized spacial score (nSPS) is 11.5. The predicted octanol–water partition coefficient (Wildman–Crippen LogP) is 15.5. The summed E-state index contributed by atoms with van der Waals surface area (Å²) < 4.78 is 9.25.